The molecule has 0 unspecified atom stereocenters. The molecular formula is C14H20BrClN2O. The van der Waals surface area contributed by atoms with Crippen molar-refractivity contribution in [1.29, 1.82) is 0 Å². The normalized spacial score (nSPS) is 16.5. The van der Waals surface area contributed by atoms with Gasteiger partial charge in [-0.3, -0.25) is 0 Å². The quantitative estimate of drug-likeness (QED) is 0.800. The highest BCUT2D eigenvalue weighted by atomic mass is 79.9. The molecule has 0 saturated carbocycles. The largest absolute Gasteiger partial charge is 0.492 e. The maximum absolute atomic E-state index is 6.09. The van der Waals surface area contributed by atoms with Crippen LogP contribution in [-0.2, 0) is 0 Å². The highest BCUT2D eigenvalue weighted by molar-refractivity contribution is 9.10. The van der Waals surface area contributed by atoms with Crippen molar-refractivity contribution < 1.29 is 4.74 Å². The van der Waals surface area contributed by atoms with E-state index in [1.807, 2.05) is 18.2 Å². The van der Waals surface area contributed by atoms with Crippen molar-refractivity contribution in [2.45, 2.75) is 12.8 Å². The Morgan fingerprint density at radius 3 is 2.79 bits per heavy atom. The Morgan fingerprint density at radius 2 is 2.05 bits per heavy atom. The first kappa shape index (κ1) is 15.1. The summed E-state index contributed by atoms with van der Waals surface area (Å²) in [6.45, 7) is 6.46. The van der Waals surface area contributed by atoms with E-state index in [0.29, 0.717) is 5.02 Å². The minimum absolute atomic E-state index is 0.663. The van der Waals surface area contributed by atoms with Crippen molar-refractivity contribution >= 4 is 27.5 Å². The van der Waals surface area contributed by atoms with Gasteiger partial charge in [-0.2, -0.15) is 0 Å². The summed E-state index contributed by atoms with van der Waals surface area (Å²) in [4.78, 5) is 2.50. The van der Waals surface area contributed by atoms with Crippen LogP contribution in [0.2, 0.25) is 5.02 Å². The van der Waals surface area contributed by atoms with Crippen LogP contribution in [0.15, 0.2) is 22.7 Å². The van der Waals surface area contributed by atoms with Gasteiger partial charge in [-0.1, -0.05) is 27.5 Å². The number of benzene rings is 1. The van der Waals surface area contributed by atoms with Crippen LogP contribution in [0, 0.1) is 0 Å². The number of piperazine rings is 1. The first-order valence-electron chi connectivity index (χ1n) is 6.76. The zero-order valence-electron chi connectivity index (χ0n) is 11.0. The molecule has 3 nitrogen and oxygen atoms in total. The highest BCUT2D eigenvalue weighted by Gasteiger charge is 2.08. The maximum atomic E-state index is 6.09. The van der Waals surface area contributed by atoms with Gasteiger partial charge in [0.2, 0.25) is 0 Å². The third-order valence-electron chi connectivity index (χ3n) is 3.23. The van der Waals surface area contributed by atoms with Gasteiger partial charge in [-0.05, 0) is 37.6 Å². The van der Waals surface area contributed by atoms with E-state index in [9.17, 15) is 0 Å². The van der Waals surface area contributed by atoms with E-state index in [1.54, 1.807) is 0 Å². The van der Waals surface area contributed by atoms with Gasteiger partial charge in [0.1, 0.15) is 5.75 Å². The number of ether oxygens (including phenoxy) is 1. The number of rotatable bonds is 6. The number of nitrogens with one attached hydrogen (secondary N) is 1. The van der Waals surface area contributed by atoms with E-state index < -0.39 is 0 Å². The van der Waals surface area contributed by atoms with Crippen LogP contribution in [0.5, 0.6) is 5.75 Å². The van der Waals surface area contributed by atoms with E-state index in [0.717, 1.165) is 36.3 Å². The zero-order valence-corrected chi connectivity index (χ0v) is 13.3. The van der Waals surface area contributed by atoms with Crippen LogP contribution in [0.4, 0.5) is 0 Å². The standard InChI is InChI=1S/C14H20BrClN2O/c15-12-3-4-14(13(16)11-12)19-10-2-1-7-18-8-5-17-6-9-18/h3-4,11,17H,1-2,5-10H2. The van der Waals surface area contributed by atoms with Crippen molar-refractivity contribution in [3.05, 3.63) is 27.7 Å². The van der Waals surface area contributed by atoms with E-state index in [2.05, 4.69) is 26.1 Å². The van der Waals surface area contributed by atoms with Gasteiger partial charge in [0.15, 0.2) is 0 Å². The average Bonchev–Trinajstić information content (AvgIpc) is 2.42. The van der Waals surface area contributed by atoms with Crippen molar-refractivity contribution in [1.82, 2.24) is 10.2 Å². The fraction of sp³-hybridized carbons (Fsp3) is 0.571. The molecule has 0 radical (unpaired) electrons. The van der Waals surface area contributed by atoms with Crippen LogP contribution >= 0.6 is 27.5 Å². The second kappa shape index (κ2) is 8.10. The molecule has 1 saturated heterocycles. The summed E-state index contributed by atoms with van der Waals surface area (Å²) in [5.41, 5.74) is 0. The monoisotopic (exact) mass is 346 g/mol. The van der Waals surface area contributed by atoms with Crippen LogP contribution in [0.25, 0.3) is 0 Å². The van der Waals surface area contributed by atoms with Crippen molar-refractivity contribution in [3.63, 3.8) is 0 Å². The predicted molar refractivity (Wildman–Crippen MR) is 83.2 cm³/mol. The zero-order chi connectivity index (χ0) is 13.5. The number of halogens is 2. The van der Waals surface area contributed by atoms with Gasteiger partial charge in [-0.15, -0.1) is 0 Å². The van der Waals surface area contributed by atoms with Gasteiger partial charge in [-0.25, -0.2) is 0 Å². The number of hydrogen-bond acceptors (Lipinski definition) is 3. The van der Waals surface area contributed by atoms with Gasteiger partial charge < -0.3 is 15.0 Å². The molecule has 0 aromatic heterocycles. The van der Waals surface area contributed by atoms with Crippen LogP contribution in [0.3, 0.4) is 0 Å². The Morgan fingerprint density at radius 1 is 1.26 bits per heavy atom. The van der Waals surface area contributed by atoms with E-state index >= 15 is 0 Å². The molecular weight excluding hydrogens is 328 g/mol. The minimum Gasteiger partial charge on any atom is -0.492 e. The topological polar surface area (TPSA) is 24.5 Å². The second-order valence-electron chi connectivity index (χ2n) is 4.72. The molecule has 106 valence electrons. The van der Waals surface area contributed by atoms with E-state index in [1.165, 1.54) is 26.1 Å². The second-order valence-corrected chi connectivity index (χ2v) is 6.04. The fourth-order valence-corrected chi connectivity index (χ4v) is 2.87. The molecule has 1 aromatic rings. The molecule has 19 heavy (non-hydrogen) atoms. The van der Waals surface area contributed by atoms with Gasteiger partial charge in [0.05, 0.1) is 11.6 Å². The van der Waals surface area contributed by atoms with Crippen LogP contribution < -0.4 is 10.1 Å². The summed E-state index contributed by atoms with van der Waals surface area (Å²) in [6.07, 6.45) is 2.24. The van der Waals surface area contributed by atoms with Crippen LogP contribution in [-0.4, -0.2) is 44.2 Å². The van der Waals surface area contributed by atoms with Crippen molar-refractivity contribution in [2.75, 3.05) is 39.3 Å². The lowest BCUT2D eigenvalue weighted by Crippen LogP contribution is -2.43. The van der Waals surface area contributed by atoms with Crippen molar-refractivity contribution in [3.8, 4) is 5.75 Å². The predicted octanol–water partition coefficient (Wildman–Crippen LogP) is 3.17. The average molecular weight is 348 g/mol. The molecule has 0 bridgehead atoms. The lowest BCUT2D eigenvalue weighted by atomic mass is 10.2. The molecule has 0 atom stereocenters. The summed E-state index contributed by atoms with van der Waals surface area (Å²) in [6, 6.07) is 5.71. The molecule has 0 amide bonds. The van der Waals surface area contributed by atoms with Crippen LogP contribution in [0.1, 0.15) is 12.8 Å². The van der Waals surface area contributed by atoms with E-state index in [-0.39, 0.29) is 0 Å². The number of unbranched alkanes of at least 4 members (excludes halogenated alkanes) is 1. The third-order valence-corrected chi connectivity index (χ3v) is 4.02. The number of nitrogens with zero attached hydrogens (tertiary/aromatic N) is 1. The van der Waals surface area contributed by atoms with Crippen molar-refractivity contribution in [2.24, 2.45) is 0 Å². The van der Waals surface area contributed by atoms with Gasteiger partial charge >= 0.3 is 0 Å². The molecule has 1 aliphatic heterocycles. The summed E-state index contributed by atoms with van der Waals surface area (Å²) < 4.78 is 6.67. The lowest BCUT2D eigenvalue weighted by molar-refractivity contribution is 0.226. The SMILES string of the molecule is Clc1cc(Br)ccc1OCCCCN1CCNCC1. The molecule has 5 heteroatoms. The lowest BCUT2D eigenvalue weighted by Gasteiger charge is -2.27. The first-order chi connectivity index (χ1) is 9.25. The van der Waals surface area contributed by atoms with E-state index in [4.69, 9.17) is 16.3 Å². The third kappa shape index (κ3) is 5.30. The Kier molecular flexibility index (Phi) is 6.44. The minimum atomic E-state index is 0.663. The molecule has 2 rings (SSSR count). The molecule has 0 spiro atoms. The Hall–Kier alpha value is -0.290. The Bertz CT molecular complexity index is 397. The Labute approximate surface area is 128 Å². The molecule has 1 aliphatic rings. The summed E-state index contributed by atoms with van der Waals surface area (Å²) >= 11 is 9.48. The van der Waals surface area contributed by atoms with Gasteiger partial charge in [0.25, 0.3) is 0 Å². The molecule has 1 fully saturated rings. The van der Waals surface area contributed by atoms with Gasteiger partial charge in [0, 0.05) is 30.7 Å². The Balaban J connectivity index is 1.61. The molecule has 1 heterocycles. The maximum Gasteiger partial charge on any atom is 0.137 e. The summed E-state index contributed by atoms with van der Waals surface area (Å²) in [7, 11) is 0. The molecule has 1 aromatic carbocycles. The number of hydrogen-bond donors (Lipinski definition) is 1. The molecule has 0 aliphatic carbocycles. The smallest absolute Gasteiger partial charge is 0.137 e. The molecule has 1 N–H and O–H groups in total. The highest BCUT2D eigenvalue weighted by Crippen LogP contribution is 2.27. The summed E-state index contributed by atoms with van der Waals surface area (Å²) in [5, 5.41) is 4.03. The fourth-order valence-electron chi connectivity index (χ4n) is 2.15. The summed E-state index contributed by atoms with van der Waals surface area (Å²) in [5.74, 6) is 0.770. The first-order valence-corrected chi connectivity index (χ1v) is 7.94.